The van der Waals surface area contributed by atoms with E-state index in [1.54, 1.807) is 36.4 Å². The maximum absolute atomic E-state index is 12.4. The van der Waals surface area contributed by atoms with E-state index in [1.807, 2.05) is 6.92 Å². The van der Waals surface area contributed by atoms with Gasteiger partial charge in [-0.05, 0) is 37.3 Å². The molecule has 0 spiro atoms. The number of amides is 1. The average molecular weight is 316 g/mol. The Kier molecular flexibility index (Phi) is 5.30. The van der Waals surface area contributed by atoms with E-state index < -0.39 is 0 Å². The third-order valence-corrected chi connectivity index (χ3v) is 3.23. The number of hydrogen-bond donors (Lipinski definition) is 2. The molecule has 0 atom stereocenters. The molecule has 0 aliphatic rings. The van der Waals surface area contributed by atoms with Crippen LogP contribution >= 0.6 is 0 Å². The van der Waals surface area contributed by atoms with Crippen LogP contribution in [0.4, 0.5) is 11.4 Å². The van der Waals surface area contributed by atoms with Gasteiger partial charge in [-0.3, -0.25) is 4.79 Å². The Balaban J connectivity index is 2.19. The van der Waals surface area contributed by atoms with Crippen molar-refractivity contribution in [3.8, 4) is 17.2 Å². The van der Waals surface area contributed by atoms with Gasteiger partial charge >= 0.3 is 0 Å². The number of nitrogens with two attached hydrogens (primary N) is 1. The second-order valence-electron chi connectivity index (χ2n) is 4.71. The van der Waals surface area contributed by atoms with Crippen molar-refractivity contribution in [2.75, 3.05) is 31.9 Å². The van der Waals surface area contributed by atoms with E-state index in [2.05, 4.69) is 5.32 Å². The number of ether oxygens (including phenoxy) is 3. The lowest BCUT2D eigenvalue weighted by Gasteiger charge is -2.12. The van der Waals surface area contributed by atoms with E-state index in [4.69, 9.17) is 19.9 Å². The molecule has 0 unspecified atom stereocenters. The van der Waals surface area contributed by atoms with Gasteiger partial charge in [0.2, 0.25) is 0 Å². The highest BCUT2D eigenvalue weighted by Gasteiger charge is 2.12. The molecular formula is C17H20N2O4. The van der Waals surface area contributed by atoms with Gasteiger partial charge in [0.15, 0.2) is 11.5 Å². The number of nitrogen functional groups attached to an aromatic ring is 1. The second kappa shape index (κ2) is 7.40. The van der Waals surface area contributed by atoms with Crippen molar-refractivity contribution in [1.82, 2.24) is 0 Å². The van der Waals surface area contributed by atoms with Crippen LogP contribution in [0.2, 0.25) is 0 Å². The lowest BCUT2D eigenvalue weighted by Crippen LogP contribution is -2.13. The summed E-state index contributed by atoms with van der Waals surface area (Å²) in [5.74, 6) is 1.42. The monoisotopic (exact) mass is 316 g/mol. The maximum atomic E-state index is 12.4. The first-order chi connectivity index (χ1) is 11.1. The molecule has 2 rings (SSSR count). The van der Waals surface area contributed by atoms with E-state index in [0.717, 1.165) is 0 Å². The van der Waals surface area contributed by atoms with Crippen molar-refractivity contribution >= 4 is 17.3 Å². The topological polar surface area (TPSA) is 82.8 Å². The third kappa shape index (κ3) is 3.85. The predicted octanol–water partition coefficient (Wildman–Crippen LogP) is 2.94. The molecule has 0 aromatic heterocycles. The fraction of sp³-hybridized carbons (Fsp3) is 0.235. The molecule has 0 aliphatic carbocycles. The molecule has 122 valence electrons. The summed E-state index contributed by atoms with van der Waals surface area (Å²) >= 11 is 0. The fourth-order valence-electron chi connectivity index (χ4n) is 2.08. The second-order valence-corrected chi connectivity index (χ2v) is 4.71. The minimum atomic E-state index is -0.290. The zero-order valence-corrected chi connectivity index (χ0v) is 13.4. The molecule has 3 N–H and O–H groups in total. The largest absolute Gasteiger partial charge is 0.494 e. The number of rotatable bonds is 6. The molecule has 2 aromatic rings. The van der Waals surface area contributed by atoms with E-state index in [-0.39, 0.29) is 5.91 Å². The summed E-state index contributed by atoms with van der Waals surface area (Å²) in [5, 5.41) is 2.77. The van der Waals surface area contributed by atoms with E-state index in [1.165, 1.54) is 14.2 Å². The van der Waals surface area contributed by atoms with Gasteiger partial charge < -0.3 is 25.3 Å². The van der Waals surface area contributed by atoms with Crippen LogP contribution < -0.4 is 25.3 Å². The normalized spacial score (nSPS) is 10.0. The molecule has 6 nitrogen and oxygen atoms in total. The molecule has 2 aromatic carbocycles. The fourth-order valence-corrected chi connectivity index (χ4v) is 2.08. The van der Waals surface area contributed by atoms with Crippen LogP contribution in [0.5, 0.6) is 17.2 Å². The van der Waals surface area contributed by atoms with Crippen molar-refractivity contribution in [2.45, 2.75) is 6.92 Å². The minimum Gasteiger partial charge on any atom is -0.494 e. The Labute approximate surface area is 135 Å². The zero-order chi connectivity index (χ0) is 16.8. The standard InChI is InChI=1S/C17H20N2O4/c1-4-23-12-6-7-14(13(18)10-12)19-17(20)11-5-8-15(21-2)16(9-11)22-3/h5-10H,4,18H2,1-3H3,(H,19,20). The van der Waals surface area contributed by atoms with Crippen LogP contribution in [0.1, 0.15) is 17.3 Å². The third-order valence-electron chi connectivity index (χ3n) is 3.23. The predicted molar refractivity (Wildman–Crippen MR) is 89.5 cm³/mol. The van der Waals surface area contributed by atoms with Gasteiger partial charge in [0, 0.05) is 11.6 Å². The van der Waals surface area contributed by atoms with Crippen LogP contribution in [-0.4, -0.2) is 26.7 Å². The molecule has 6 heteroatoms. The maximum Gasteiger partial charge on any atom is 0.255 e. The molecule has 1 amide bonds. The van der Waals surface area contributed by atoms with Crippen molar-refractivity contribution in [1.29, 1.82) is 0 Å². The lowest BCUT2D eigenvalue weighted by molar-refractivity contribution is 0.102. The van der Waals surface area contributed by atoms with Crippen LogP contribution in [0.25, 0.3) is 0 Å². The Morgan fingerprint density at radius 3 is 2.43 bits per heavy atom. The number of carbonyl (C=O) groups is 1. The van der Waals surface area contributed by atoms with Gasteiger partial charge in [0.05, 0.1) is 32.2 Å². The number of benzene rings is 2. The number of methoxy groups -OCH3 is 2. The highest BCUT2D eigenvalue weighted by atomic mass is 16.5. The molecule has 0 saturated heterocycles. The first-order valence-electron chi connectivity index (χ1n) is 7.14. The average Bonchev–Trinajstić information content (AvgIpc) is 2.56. The van der Waals surface area contributed by atoms with E-state index in [9.17, 15) is 4.79 Å². The van der Waals surface area contributed by atoms with Gasteiger partial charge in [0.25, 0.3) is 5.91 Å². The summed E-state index contributed by atoms with van der Waals surface area (Å²) in [4.78, 5) is 12.4. The van der Waals surface area contributed by atoms with Crippen LogP contribution in [0.3, 0.4) is 0 Å². The smallest absolute Gasteiger partial charge is 0.255 e. The Morgan fingerprint density at radius 1 is 1.09 bits per heavy atom. The summed E-state index contributed by atoms with van der Waals surface area (Å²) in [6, 6.07) is 10.1. The molecule has 0 heterocycles. The number of nitrogens with one attached hydrogen (secondary N) is 1. The Morgan fingerprint density at radius 2 is 1.83 bits per heavy atom. The SMILES string of the molecule is CCOc1ccc(NC(=O)c2ccc(OC)c(OC)c2)c(N)c1. The molecule has 0 bridgehead atoms. The van der Waals surface area contributed by atoms with E-state index >= 15 is 0 Å². The van der Waals surface area contributed by atoms with Crippen LogP contribution in [0, 0.1) is 0 Å². The van der Waals surface area contributed by atoms with Gasteiger partial charge in [0.1, 0.15) is 5.75 Å². The van der Waals surface area contributed by atoms with Crippen molar-refractivity contribution in [3.05, 3.63) is 42.0 Å². The first kappa shape index (κ1) is 16.5. The summed E-state index contributed by atoms with van der Waals surface area (Å²) in [7, 11) is 3.06. The van der Waals surface area contributed by atoms with Crippen LogP contribution in [-0.2, 0) is 0 Å². The summed E-state index contributed by atoms with van der Waals surface area (Å²) in [6.07, 6.45) is 0. The highest BCUT2D eigenvalue weighted by Crippen LogP contribution is 2.29. The van der Waals surface area contributed by atoms with Crippen molar-refractivity contribution < 1.29 is 19.0 Å². The van der Waals surface area contributed by atoms with Gasteiger partial charge in [-0.15, -0.1) is 0 Å². The first-order valence-corrected chi connectivity index (χ1v) is 7.14. The zero-order valence-electron chi connectivity index (χ0n) is 13.4. The molecule has 0 fully saturated rings. The quantitative estimate of drug-likeness (QED) is 0.801. The lowest BCUT2D eigenvalue weighted by atomic mass is 10.1. The van der Waals surface area contributed by atoms with Crippen molar-refractivity contribution in [3.63, 3.8) is 0 Å². The van der Waals surface area contributed by atoms with Gasteiger partial charge in [-0.25, -0.2) is 0 Å². The van der Waals surface area contributed by atoms with Gasteiger partial charge in [-0.1, -0.05) is 0 Å². The Hall–Kier alpha value is -2.89. The molecule has 0 saturated carbocycles. The summed E-state index contributed by atoms with van der Waals surface area (Å²) in [5.41, 5.74) is 7.34. The molecule has 23 heavy (non-hydrogen) atoms. The van der Waals surface area contributed by atoms with Gasteiger partial charge in [-0.2, -0.15) is 0 Å². The molecular weight excluding hydrogens is 296 g/mol. The number of anilines is 2. The Bertz CT molecular complexity index is 701. The van der Waals surface area contributed by atoms with Crippen molar-refractivity contribution in [2.24, 2.45) is 0 Å². The van der Waals surface area contributed by atoms with E-state index in [0.29, 0.717) is 40.8 Å². The molecule has 0 aliphatic heterocycles. The number of carbonyl (C=O) groups excluding carboxylic acids is 1. The molecule has 0 radical (unpaired) electrons. The summed E-state index contributed by atoms with van der Waals surface area (Å²) < 4.78 is 15.7. The van der Waals surface area contributed by atoms with Crippen LogP contribution in [0.15, 0.2) is 36.4 Å². The summed E-state index contributed by atoms with van der Waals surface area (Å²) in [6.45, 7) is 2.44. The highest BCUT2D eigenvalue weighted by molar-refractivity contribution is 6.06. The minimum absolute atomic E-state index is 0.290. The number of hydrogen-bond acceptors (Lipinski definition) is 5.